The summed E-state index contributed by atoms with van der Waals surface area (Å²) in [5.41, 5.74) is 2.16. The van der Waals surface area contributed by atoms with E-state index in [1.54, 1.807) is 6.07 Å². The molecule has 3 rings (SSSR count). The summed E-state index contributed by atoms with van der Waals surface area (Å²) < 4.78 is 27.8. The Bertz CT molecular complexity index is 592. The topological polar surface area (TPSA) is 58.2 Å². The molecule has 1 fully saturated rings. The fourth-order valence-corrected chi connectivity index (χ4v) is 4.56. The molecule has 1 aliphatic heterocycles. The van der Waals surface area contributed by atoms with Crippen LogP contribution >= 0.6 is 0 Å². The number of anilines is 1. The van der Waals surface area contributed by atoms with Gasteiger partial charge in [-0.25, -0.2) is 13.1 Å². The Balaban J connectivity index is 1.79. The van der Waals surface area contributed by atoms with Gasteiger partial charge >= 0.3 is 0 Å². The number of rotatable bonds is 3. The van der Waals surface area contributed by atoms with Crippen LogP contribution < -0.4 is 10.0 Å². The minimum absolute atomic E-state index is 0.110. The lowest BCUT2D eigenvalue weighted by Gasteiger charge is -2.22. The van der Waals surface area contributed by atoms with Crippen LogP contribution in [0.2, 0.25) is 0 Å². The van der Waals surface area contributed by atoms with E-state index >= 15 is 0 Å². The van der Waals surface area contributed by atoms with Crippen LogP contribution in [0.25, 0.3) is 0 Å². The standard InChI is InChI=1S/C15H22N2O2S/c1-11-9-12-10-14(7-8-15(12)16-11)20(18,19)17-13-5-3-2-4-6-13/h7-8,10-11,13,16-17H,2-6,9H2,1H3. The van der Waals surface area contributed by atoms with Gasteiger partial charge in [-0.2, -0.15) is 0 Å². The van der Waals surface area contributed by atoms with Crippen LogP contribution in [-0.2, 0) is 16.4 Å². The third kappa shape index (κ3) is 2.83. The number of sulfonamides is 1. The maximum absolute atomic E-state index is 12.5. The quantitative estimate of drug-likeness (QED) is 0.901. The molecule has 0 aromatic heterocycles. The third-order valence-corrected chi connectivity index (χ3v) is 5.76. The van der Waals surface area contributed by atoms with E-state index in [4.69, 9.17) is 0 Å². The summed E-state index contributed by atoms with van der Waals surface area (Å²) in [6, 6.07) is 5.90. The molecule has 1 heterocycles. The van der Waals surface area contributed by atoms with Crippen molar-refractivity contribution in [1.82, 2.24) is 4.72 Å². The molecule has 1 saturated carbocycles. The van der Waals surface area contributed by atoms with Gasteiger partial charge in [0.2, 0.25) is 10.0 Å². The molecule has 0 radical (unpaired) electrons. The van der Waals surface area contributed by atoms with Gasteiger partial charge in [0.25, 0.3) is 0 Å². The molecule has 0 bridgehead atoms. The third-order valence-electron chi connectivity index (χ3n) is 4.24. The fourth-order valence-electron chi connectivity index (χ4n) is 3.20. The fraction of sp³-hybridized carbons (Fsp3) is 0.600. The largest absolute Gasteiger partial charge is 0.382 e. The van der Waals surface area contributed by atoms with Crippen LogP contribution in [0.4, 0.5) is 5.69 Å². The SMILES string of the molecule is CC1Cc2cc(S(=O)(=O)NC3CCCCC3)ccc2N1. The summed E-state index contributed by atoms with van der Waals surface area (Å²) in [6.07, 6.45) is 6.28. The van der Waals surface area contributed by atoms with E-state index in [-0.39, 0.29) is 6.04 Å². The number of hydrogen-bond acceptors (Lipinski definition) is 3. The van der Waals surface area contributed by atoms with Crippen molar-refractivity contribution in [2.24, 2.45) is 0 Å². The maximum Gasteiger partial charge on any atom is 0.240 e. The highest BCUT2D eigenvalue weighted by atomic mass is 32.2. The first-order valence-corrected chi connectivity index (χ1v) is 8.95. The van der Waals surface area contributed by atoms with Crippen LogP contribution in [0.15, 0.2) is 23.1 Å². The first kappa shape index (κ1) is 13.9. The van der Waals surface area contributed by atoms with Gasteiger partial charge in [0, 0.05) is 17.8 Å². The van der Waals surface area contributed by atoms with Crippen molar-refractivity contribution in [2.45, 2.75) is 62.4 Å². The molecule has 1 aliphatic carbocycles. The predicted octanol–water partition coefficient (Wildman–Crippen LogP) is 2.65. The summed E-state index contributed by atoms with van der Waals surface area (Å²) in [7, 11) is -3.38. The molecule has 110 valence electrons. The van der Waals surface area contributed by atoms with Crippen molar-refractivity contribution >= 4 is 15.7 Å². The van der Waals surface area contributed by atoms with Gasteiger partial charge in [-0.15, -0.1) is 0 Å². The highest BCUT2D eigenvalue weighted by Crippen LogP contribution is 2.28. The van der Waals surface area contributed by atoms with Gasteiger partial charge in [-0.05, 0) is 49.9 Å². The van der Waals surface area contributed by atoms with Gasteiger partial charge in [0.15, 0.2) is 0 Å². The summed E-state index contributed by atoms with van der Waals surface area (Å²) in [5, 5.41) is 3.34. The van der Waals surface area contributed by atoms with Crippen molar-refractivity contribution in [3.05, 3.63) is 23.8 Å². The molecule has 1 aromatic carbocycles. The van der Waals surface area contributed by atoms with E-state index in [2.05, 4.69) is 17.0 Å². The van der Waals surface area contributed by atoms with Crippen molar-refractivity contribution in [3.8, 4) is 0 Å². The lowest BCUT2D eigenvalue weighted by molar-refractivity contribution is 0.412. The van der Waals surface area contributed by atoms with Crippen molar-refractivity contribution < 1.29 is 8.42 Å². The molecule has 0 saturated heterocycles. The molecule has 2 N–H and O–H groups in total. The molecule has 1 unspecified atom stereocenters. The molecule has 4 nitrogen and oxygen atoms in total. The highest BCUT2D eigenvalue weighted by molar-refractivity contribution is 7.89. The van der Waals surface area contributed by atoms with Gasteiger partial charge in [-0.3, -0.25) is 0 Å². The molecule has 1 atom stereocenters. The molecule has 20 heavy (non-hydrogen) atoms. The van der Waals surface area contributed by atoms with E-state index in [0.717, 1.165) is 43.4 Å². The van der Waals surface area contributed by atoms with Crippen molar-refractivity contribution in [1.29, 1.82) is 0 Å². The molecular formula is C15H22N2O2S. The predicted molar refractivity (Wildman–Crippen MR) is 80.4 cm³/mol. The lowest BCUT2D eigenvalue weighted by atomic mass is 9.96. The summed E-state index contributed by atoms with van der Waals surface area (Å²) in [4.78, 5) is 0.401. The Labute approximate surface area is 121 Å². The Morgan fingerprint density at radius 1 is 1.20 bits per heavy atom. The first-order valence-electron chi connectivity index (χ1n) is 7.46. The highest BCUT2D eigenvalue weighted by Gasteiger charge is 2.24. The van der Waals surface area contributed by atoms with Crippen molar-refractivity contribution in [2.75, 3.05) is 5.32 Å². The Hall–Kier alpha value is -1.07. The second-order valence-electron chi connectivity index (χ2n) is 6.02. The minimum atomic E-state index is -3.38. The number of benzene rings is 1. The average molecular weight is 294 g/mol. The molecule has 1 aromatic rings. The summed E-state index contributed by atoms with van der Waals surface area (Å²) >= 11 is 0. The van der Waals surface area contributed by atoms with Gasteiger partial charge in [-0.1, -0.05) is 19.3 Å². The minimum Gasteiger partial charge on any atom is -0.382 e. The van der Waals surface area contributed by atoms with Crippen molar-refractivity contribution in [3.63, 3.8) is 0 Å². The zero-order valence-corrected chi connectivity index (χ0v) is 12.7. The summed E-state index contributed by atoms with van der Waals surface area (Å²) in [6.45, 7) is 2.11. The van der Waals surface area contributed by atoms with E-state index in [9.17, 15) is 8.42 Å². The first-order chi connectivity index (χ1) is 9.54. The van der Waals surface area contributed by atoms with Crippen LogP contribution in [0, 0.1) is 0 Å². The number of hydrogen-bond donors (Lipinski definition) is 2. The smallest absolute Gasteiger partial charge is 0.240 e. The number of fused-ring (bicyclic) bond motifs is 1. The zero-order valence-electron chi connectivity index (χ0n) is 11.9. The second kappa shape index (κ2) is 5.37. The van der Waals surface area contributed by atoms with Gasteiger partial charge in [0.05, 0.1) is 4.90 Å². The molecule has 5 heteroatoms. The monoisotopic (exact) mass is 294 g/mol. The molecule has 0 spiro atoms. The van der Waals surface area contributed by atoms with Crippen LogP contribution in [0.5, 0.6) is 0 Å². The average Bonchev–Trinajstić information content (AvgIpc) is 2.78. The molecule has 0 amide bonds. The molecular weight excluding hydrogens is 272 g/mol. The molecule has 2 aliphatic rings. The maximum atomic E-state index is 12.5. The Morgan fingerprint density at radius 3 is 2.70 bits per heavy atom. The summed E-state index contributed by atoms with van der Waals surface area (Å²) in [5.74, 6) is 0. The zero-order chi connectivity index (χ0) is 14.2. The van der Waals surface area contributed by atoms with Gasteiger partial charge < -0.3 is 5.32 Å². The number of nitrogens with one attached hydrogen (secondary N) is 2. The van der Waals surface area contributed by atoms with E-state index in [0.29, 0.717) is 10.9 Å². The second-order valence-corrected chi connectivity index (χ2v) is 7.74. The Kier molecular flexibility index (Phi) is 3.73. The van der Waals surface area contributed by atoms with E-state index < -0.39 is 10.0 Å². The normalized spacial score (nSPS) is 23.4. The lowest BCUT2D eigenvalue weighted by Crippen LogP contribution is -2.36. The van der Waals surface area contributed by atoms with Crippen LogP contribution in [-0.4, -0.2) is 20.5 Å². The van der Waals surface area contributed by atoms with Crippen LogP contribution in [0.3, 0.4) is 0 Å². The Morgan fingerprint density at radius 2 is 1.95 bits per heavy atom. The van der Waals surface area contributed by atoms with E-state index in [1.165, 1.54) is 6.42 Å². The van der Waals surface area contributed by atoms with Crippen LogP contribution in [0.1, 0.15) is 44.6 Å². The van der Waals surface area contributed by atoms with Gasteiger partial charge in [0.1, 0.15) is 0 Å². The van der Waals surface area contributed by atoms with E-state index in [1.807, 2.05) is 12.1 Å².